The summed E-state index contributed by atoms with van der Waals surface area (Å²) in [5.41, 5.74) is 9.45. The van der Waals surface area contributed by atoms with Crippen molar-refractivity contribution in [3.8, 4) is 39.9 Å². The molecule has 50 heavy (non-hydrogen) atoms. The second kappa shape index (κ2) is 13.2. The summed E-state index contributed by atoms with van der Waals surface area (Å²) < 4.78 is 16.2. The number of ether oxygens (including phenoxy) is 2. The molecule has 0 radical (unpaired) electrons. The van der Waals surface area contributed by atoms with Gasteiger partial charge in [0.15, 0.2) is 0 Å². The van der Waals surface area contributed by atoms with Crippen molar-refractivity contribution in [2.24, 2.45) is 0 Å². The summed E-state index contributed by atoms with van der Waals surface area (Å²) in [6.45, 7) is 17.9. The fourth-order valence-electron chi connectivity index (χ4n) is 6.81. The predicted octanol–water partition coefficient (Wildman–Crippen LogP) is 10.6. The molecule has 0 unspecified atom stereocenters. The van der Waals surface area contributed by atoms with E-state index < -0.39 is 0 Å². The first-order valence-corrected chi connectivity index (χ1v) is 16.7. The first-order chi connectivity index (χ1) is 23.3. The van der Waals surface area contributed by atoms with E-state index in [4.69, 9.17) is 14.6 Å². The van der Waals surface area contributed by atoms with Crippen LogP contribution in [0.15, 0.2) is 91.1 Å². The molecule has 0 aliphatic rings. The smallest absolute Gasteiger partial charge is 0.509 e. The summed E-state index contributed by atoms with van der Waals surface area (Å²) >= 11 is 0. The number of hydrogen-bond acceptors (Lipinski definition) is 4. The van der Waals surface area contributed by atoms with Crippen LogP contribution < -0.4 is 9.47 Å². The van der Waals surface area contributed by atoms with Crippen LogP contribution in [0.2, 0.25) is 0 Å². The van der Waals surface area contributed by atoms with Crippen LogP contribution in [-0.4, -0.2) is 26.4 Å². The quantitative estimate of drug-likeness (QED) is 0.125. The van der Waals surface area contributed by atoms with Crippen LogP contribution in [0, 0.1) is 26.0 Å². The minimum absolute atomic E-state index is 0. The van der Waals surface area contributed by atoms with Gasteiger partial charge in [0.1, 0.15) is 11.6 Å². The zero-order valence-corrected chi connectivity index (χ0v) is 31.6. The summed E-state index contributed by atoms with van der Waals surface area (Å²) in [6, 6.07) is 35.7. The minimum atomic E-state index is -0.217. The van der Waals surface area contributed by atoms with Gasteiger partial charge in [-0.2, -0.15) is 17.2 Å². The monoisotopic (exact) mass is 752 g/mol. The minimum Gasteiger partial charge on any atom is -0.509 e. The summed E-state index contributed by atoms with van der Waals surface area (Å²) in [5.74, 6) is 2.64. The first-order valence-electron chi connectivity index (χ1n) is 16.7. The van der Waals surface area contributed by atoms with E-state index in [2.05, 4.69) is 124 Å². The van der Waals surface area contributed by atoms with Crippen LogP contribution in [0.3, 0.4) is 0 Å². The number of para-hydroxylation sites is 1. The molecule has 3 heterocycles. The van der Waals surface area contributed by atoms with Crippen molar-refractivity contribution < 1.29 is 29.9 Å². The summed E-state index contributed by atoms with van der Waals surface area (Å²) in [6.07, 6.45) is 1.76. The molecule has 7 heteroatoms. The second-order valence-electron chi connectivity index (χ2n) is 14.7. The van der Waals surface area contributed by atoms with Gasteiger partial charge >= 0.3 is 20.4 Å². The van der Waals surface area contributed by atoms with Crippen LogP contribution in [0.4, 0.5) is 0 Å². The van der Waals surface area contributed by atoms with Crippen LogP contribution in [0.25, 0.3) is 44.4 Å². The third-order valence-corrected chi connectivity index (χ3v) is 8.98. The molecule has 7 aromatic rings. The van der Waals surface area contributed by atoms with Gasteiger partial charge in [0, 0.05) is 45.7 Å². The Labute approximate surface area is 308 Å². The molecule has 0 spiro atoms. The van der Waals surface area contributed by atoms with Gasteiger partial charge in [-0.15, -0.1) is 35.7 Å². The van der Waals surface area contributed by atoms with E-state index in [1.54, 1.807) is 13.3 Å². The predicted molar refractivity (Wildman–Crippen MR) is 199 cm³/mol. The molecule has 256 valence electrons. The number of aromatic nitrogens is 4. The van der Waals surface area contributed by atoms with Crippen LogP contribution in [-0.2, 0) is 31.3 Å². The molecule has 7 rings (SSSR count). The van der Waals surface area contributed by atoms with Crippen molar-refractivity contribution in [3.05, 3.63) is 126 Å². The van der Waals surface area contributed by atoms with Crippen molar-refractivity contribution in [1.82, 2.24) is 19.3 Å². The molecule has 3 aromatic heterocycles. The van der Waals surface area contributed by atoms with E-state index in [0.717, 1.165) is 50.4 Å². The number of nitrogens with zero attached hydrogens (tertiary/aromatic N) is 4. The summed E-state index contributed by atoms with van der Waals surface area (Å²) in [5, 5.41) is 7.52. The third kappa shape index (κ3) is 6.26. The molecule has 0 saturated carbocycles. The molecule has 0 aliphatic carbocycles. The van der Waals surface area contributed by atoms with Gasteiger partial charge in [0.25, 0.3) is 0 Å². The van der Waals surface area contributed by atoms with Crippen molar-refractivity contribution in [3.63, 3.8) is 0 Å². The maximum atomic E-state index is 6.52. The average Bonchev–Trinajstić information content (AvgIpc) is 3.62. The van der Waals surface area contributed by atoms with Crippen LogP contribution in [0.5, 0.6) is 17.2 Å². The van der Waals surface area contributed by atoms with Gasteiger partial charge in [-0.3, -0.25) is 4.68 Å². The number of fused-ring (bicyclic) bond motifs is 3. The van der Waals surface area contributed by atoms with E-state index in [9.17, 15) is 0 Å². The molecule has 0 atom stereocenters. The number of benzene rings is 4. The Morgan fingerprint density at radius 1 is 0.700 bits per heavy atom. The van der Waals surface area contributed by atoms with E-state index in [-0.39, 0.29) is 31.3 Å². The number of methoxy groups -OCH3 is 1. The fraction of sp³-hybridized carbons (Fsp3) is 0.256. The van der Waals surface area contributed by atoms with Gasteiger partial charge in [-0.05, 0) is 53.7 Å². The second-order valence-corrected chi connectivity index (χ2v) is 14.7. The summed E-state index contributed by atoms with van der Waals surface area (Å²) in [4.78, 5) is 4.68. The number of pyridine rings is 1. The molecule has 0 fully saturated rings. The van der Waals surface area contributed by atoms with Crippen LogP contribution >= 0.6 is 0 Å². The fourth-order valence-corrected chi connectivity index (χ4v) is 6.81. The van der Waals surface area contributed by atoms with Gasteiger partial charge < -0.3 is 14.0 Å². The Kier molecular flexibility index (Phi) is 9.28. The standard InChI is InChI=1S/C43H42N4O2.Pd/c1-27-14-12-15-28(2)38(27)39-40(42(3,4)5)45-47(41(39)43(6,7)8)29-16-13-17-31(24-29)49-32-20-21-34-33-18-10-11-19-35(33)46(36(34)25-32)37-26-30(48-9)22-23-44-37;/h10-23,26H,1-9H3;/q-2;+2. The van der Waals surface area contributed by atoms with Gasteiger partial charge in [-0.1, -0.05) is 83.5 Å². The maximum absolute atomic E-state index is 6.52. The van der Waals surface area contributed by atoms with Crippen molar-refractivity contribution >= 4 is 21.8 Å². The van der Waals surface area contributed by atoms with Crippen LogP contribution in [0.1, 0.15) is 64.1 Å². The molecular formula is C43H42N4O2Pd. The first kappa shape index (κ1) is 35.1. The molecule has 6 nitrogen and oxygen atoms in total. The Morgan fingerprint density at radius 2 is 1.40 bits per heavy atom. The molecular weight excluding hydrogens is 711 g/mol. The van der Waals surface area contributed by atoms with E-state index in [0.29, 0.717) is 11.5 Å². The average molecular weight is 753 g/mol. The van der Waals surface area contributed by atoms with E-state index in [1.807, 2.05) is 42.5 Å². The van der Waals surface area contributed by atoms with Crippen molar-refractivity contribution in [2.45, 2.75) is 66.2 Å². The maximum Gasteiger partial charge on any atom is 2.00 e. The van der Waals surface area contributed by atoms with Crippen molar-refractivity contribution in [2.75, 3.05) is 7.11 Å². The largest absolute Gasteiger partial charge is 2.00 e. The molecule has 0 bridgehead atoms. The third-order valence-electron chi connectivity index (χ3n) is 8.98. The molecule has 0 N–H and O–H groups in total. The normalized spacial score (nSPS) is 11.9. The molecule has 4 aromatic carbocycles. The Bertz CT molecular complexity index is 2330. The van der Waals surface area contributed by atoms with E-state index >= 15 is 0 Å². The van der Waals surface area contributed by atoms with E-state index in [1.165, 1.54) is 22.3 Å². The van der Waals surface area contributed by atoms with Gasteiger partial charge in [0.2, 0.25) is 0 Å². The van der Waals surface area contributed by atoms with Crippen molar-refractivity contribution in [1.29, 1.82) is 0 Å². The Morgan fingerprint density at radius 3 is 2.10 bits per heavy atom. The Hall–Kier alpha value is -4.70. The SMILES string of the molecule is COc1ccnc(-n2c3[c-]c(Oc4[c-]c(-n5nc(C(C)(C)C)c(-c6c(C)cccc6C)c5C(C)(C)C)ccc4)ccc3c3ccccc32)c1.[Pd+2]. The zero-order valence-electron chi connectivity index (χ0n) is 30.1. The summed E-state index contributed by atoms with van der Waals surface area (Å²) in [7, 11) is 1.66. The Balaban J connectivity index is 0.00000432. The molecule has 0 saturated heterocycles. The van der Waals surface area contributed by atoms with Gasteiger partial charge in [-0.25, -0.2) is 4.98 Å². The number of aryl methyl sites for hydroxylation is 2. The number of rotatable bonds is 6. The zero-order chi connectivity index (χ0) is 34.7. The number of hydrogen-bond donors (Lipinski definition) is 0. The molecule has 0 aliphatic heterocycles. The topological polar surface area (TPSA) is 54.1 Å². The van der Waals surface area contributed by atoms with Gasteiger partial charge in [0.05, 0.1) is 18.5 Å². The molecule has 0 amide bonds.